The molecule has 1 heterocycles. The minimum Gasteiger partial charge on any atom is -0.388 e. The van der Waals surface area contributed by atoms with Crippen molar-refractivity contribution in [2.24, 2.45) is 0 Å². The Morgan fingerprint density at radius 3 is 2.65 bits per heavy atom. The molecule has 0 atom stereocenters. The fourth-order valence-electron chi connectivity index (χ4n) is 1.54. The van der Waals surface area contributed by atoms with Crippen molar-refractivity contribution in [1.82, 2.24) is 9.59 Å². The fraction of sp³-hybridized carbons (Fsp3) is 0.182. The number of alkyl halides is 3. The summed E-state index contributed by atoms with van der Waals surface area (Å²) in [5, 5.41) is 8.74. The molecule has 0 saturated carbocycles. The summed E-state index contributed by atoms with van der Waals surface area (Å²) in [4.78, 5) is 11.8. The fourth-order valence-corrected chi connectivity index (χ4v) is 1.96. The average Bonchev–Trinajstić information content (AvgIpc) is 2.89. The second kappa shape index (κ2) is 5.45. The maximum atomic E-state index is 12.9. The highest BCUT2D eigenvalue weighted by Crippen LogP contribution is 2.35. The number of hydrogen-bond donors (Lipinski definition) is 2. The quantitative estimate of drug-likeness (QED) is 0.915. The third-order valence-corrected chi connectivity index (χ3v) is 3.03. The molecule has 0 unspecified atom stereocenters. The van der Waals surface area contributed by atoms with Crippen molar-refractivity contribution in [2.45, 2.75) is 6.18 Å². The molecule has 0 saturated heterocycles. The summed E-state index contributed by atoms with van der Waals surface area (Å²) in [6.07, 6.45) is -3.23. The van der Waals surface area contributed by atoms with E-state index in [4.69, 9.17) is 0 Å². The molecule has 0 spiro atoms. The van der Waals surface area contributed by atoms with Gasteiger partial charge in [0.1, 0.15) is 5.00 Å². The Hall–Kier alpha value is -2.16. The maximum absolute atomic E-state index is 12.9. The summed E-state index contributed by atoms with van der Waals surface area (Å²) >= 11 is 0.936. The van der Waals surface area contributed by atoms with Crippen LogP contribution in [0.2, 0.25) is 0 Å². The standard InChI is InChI=1S/C11H9F3N4OS/c1-15-8-3-2-6(4-7(8)11(12,13)14)10(19)17-9-5-16-18-20-9/h2-5,15H,1H3,(H,17,19). The van der Waals surface area contributed by atoms with E-state index >= 15 is 0 Å². The molecule has 1 aromatic carbocycles. The molecule has 20 heavy (non-hydrogen) atoms. The Morgan fingerprint density at radius 2 is 2.10 bits per heavy atom. The number of rotatable bonds is 3. The Balaban J connectivity index is 2.31. The molecule has 5 nitrogen and oxygen atoms in total. The summed E-state index contributed by atoms with van der Waals surface area (Å²) in [5.41, 5.74) is -1.08. The van der Waals surface area contributed by atoms with Gasteiger partial charge in [0, 0.05) is 29.8 Å². The van der Waals surface area contributed by atoms with Crippen LogP contribution >= 0.6 is 11.5 Å². The van der Waals surface area contributed by atoms with Crippen molar-refractivity contribution >= 4 is 28.1 Å². The van der Waals surface area contributed by atoms with Crippen LogP contribution in [0.5, 0.6) is 0 Å². The van der Waals surface area contributed by atoms with Crippen molar-refractivity contribution in [3.63, 3.8) is 0 Å². The smallest absolute Gasteiger partial charge is 0.388 e. The van der Waals surface area contributed by atoms with Crippen molar-refractivity contribution < 1.29 is 18.0 Å². The second-order valence-electron chi connectivity index (χ2n) is 3.74. The van der Waals surface area contributed by atoms with E-state index in [1.54, 1.807) is 0 Å². The van der Waals surface area contributed by atoms with E-state index in [1.807, 2.05) is 0 Å². The summed E-state index contributed by atoms with van der Waals surface area (Å²) < 4.78 is 42.1. The summed E-state index contributed by atoms with van der Waals surface area (Å²) in [6, 6.07) is 3.32. The number of halogens is 3. The highest BCUT2D eigenvalue weighted by Gasteiger charge is 2.34. The molecular formula is C11H9F3N4OS. The van der Waals surface area contributed by atoms with Crippen molar-refractivity contribution in [2.75, 3.05) is 17.7 Å². The lowest BCUT2D eigenvalue weighted by atomic mass is 10.1. The van der Waals surface area contributed by atoms with E-state index < -0.39 is 17.6 Å². The lowest BCUT2D eigenvalue weighted by molar-refractivity contribution is -0.136. The monoisotopic (exact) mass is 302 g/mol. The number of carbonyl (C=O) groups is 1. The number of anilines is 2. The molecule has 2 rings (SSSR count). The number of benzene rings is 1. The zero-order valence-electron chi connectivity index (χ0n) is 10.2. The number of carbonyl (C=O) groups excluding carboxylic acids is 1. The summed E-state index contributed by atoms with van der Waals surface area (Å²) in [5.74, 6) is -0.649. The predicted octanol–water partition coefficient (Wildman–Crippen LogP) is 2.85. The molecule has 2 N–H and O–H groups in total. The van der Waals surface area contributed by atoms with Gasteiger partial charge in [-0.3, -0.25) is 4.79 Å². The zero-order chi connectivity index (χ0) is 14.8. The highest BCUT2D eigenvalue weighted by molar-refractivity contribution is 7.10. The first kappa shape index (κ1) is 14.3. The van der Waals surface area contributed by atoms with E-state index in [0.29, 0.717) is 5.00 Å². The molecule has 0 bridgehead atoms. The van der Waals surface area contributed by atoms with Crippen LogP contribution in [0.4, 0.5) is 23.9 Å². The number of nitrogens with one attached hydrogen (secondary N) is 2. The molecule has 0 radical (unpaired) electrons. The van der Waals surface area contributed by atoms with E-state index in [1.165, 1.54) is 25.4 Å². The van der Waals surface area contributed by atoms with Crippen LogP contribution in [0.15, 0.2) is 24.4 Å². The van der Waals surface area contributed by atoms with Crippen molar-refractivity contribution in [3.8, 4) is 0 Å². The maximum Gasteiger partial charge on any atom is 0.418 e. The van der Waals surface area contributed by atoms with Crippen LogP contribution in [0.3, 0.4) is 0 Å². The molecular weight excluding hydrogens is 293 g/mol. The Kier molecular flexibility index (Phi) is 3.89. The summed E-state index contributed by atoms with van der Waals surface area (Å²) in [7, 11) is 1.38. The van der Waals surface area contributed by atoms with E-state index in [0.717, 1.165) is 17.6 Å². The third kappa shape index (κ3) is 3.05. The van der Waals surface area contributed by atoms with Crippen LogP contribution < -0.4 is 10.6 Å². The van der Waals surface area contributed by atoms with Crippen LogP contribution in [0.25, 0.3) is 0 Å². The van der Waals surface area contributed by atoms with Crippen molar-refractivity contribution in [1.29, 1.82) is 0 Å². The molecule has 9 heteroatoms. The lowest BCUT2D eigenvalue weighted by Gasteiger charge is -2.13. The van der Waals surface area contributed by atoms with Gasteiger partial charge >= 0.3 is 6.18 Å². The SMILES string of the molecule is CNc1ccc(C(=O)Nc2cnns2)cc1C(F)(F)F. The molecule has 1 amide bonds. The van der Waals surface area contributed by atoms with E-state index in [9.17, 15) is 18.0 Å². The van der Waals surface area contributed by atoms with Crippen molar-refractivity contribution in [3.05, 3.63) is 35.5 Å². The molecule has 0 aliphatic carbocycles. The Bertz CT molecular complexity index is 613. The molecule has 0 aliphatic rings. The number of nitrogens with zero attached hydrogens (tertiary/aromatic N) is 2. The molecule has 1 aromatic heterocycles. The molecule has 0 fully saturated rings. The van der Waals surface area contributed by atoms with Crippen LogP contribution in [-0.4, -0.2) is 22.5 Å². The number of amides is 1. The molecule has 2 aromatic rings. The van der Waals surface area contributed by atoms with Gasteiger partial charge in [-0.15, -0.1) is 5.10 Å². The first-order valence-corrected chi connectivity index (χ1v) is 6.17. The highest BCUT2D eigenvalue weighted by atomic mass is 32.1. The second-order valence-corrected chi connectivity index (χ2v) is 4.53. The summed E-state index contributed by atoms with van der Waals surface area (Å²) in [6.45, 7) is 0. The average molecular weight is 302 g/mol. The van der Waals surface area contributed by atoms with Crippen LogP contribution in [-0.2, 0) is 6.18 Å². The third-order valence-electron chi connectivity index (χ3n) is 2.45. The van der Waals surface area contributed by atoms with Crippen LogP contribution in [0, 0.1) is 0 Å². The van der Waals surface area contributed by atoms with Gasteiger partial charge in [0.25, 0.3) is 5.91 Å². The molecule has 106 valence electrons. The van der Waals surface area contributed by atoms with Crippen LogP contribution in [0.1, 0.15) is 15.9 Å². The van der Waals surface area contributed by atoms with Gasteiger partial charge in [-0.25, -0.2) is 0 Å². The Morgan fingerprint density at radius 1 is 1.35 bits per heavy atom. The van der Waals surface area contributed by atoms with E-state index in [-0.39, 0.29) is 11.3 Å². The lowest BCUT2D eigenvalue weighted by Crippen LogP contribution is -2.15. The van der Waals surface area contributed by atoms with Gasteiger partial charge in [-0.1, -0.05) is 4.49 Å². The van der Waals surface area contributed by atoms with Gasteiger partial charge in [0.05, 0.1) is 11.8 Å². The normalized spacial score (nSPS) is 11.2. The van der Waals surface area contributed by atoms with Gasteiger partial charge in [0.2, 0.25) is 0 Å². The minimum atomic E-state index is -4.54. The predicted molar refractivity (Wildman–Crippen MR) is 68.9 cm³/mol. The van der Waals surface area contributed by atoms with E-state index in [2.05, 4.69) is 20.2 Å². The molecule has 0 aliphatic heterocycles. The topological polar surface area (TPSA) is 66.9 Å². The first-order chi connectivity index (χ1) is 9.41. The first-order valence-electron chi connectivity index (χ1n) is 5.39. The Labute approximate surface area is 116 Å². The number of hydrogen-bond acceptors (Lipinski definition) is 5. The van der Waals surface area contributed by atoms with Gasteiger partial charge < -0.3 is 10.6 Å². The number of aromatic nitrogens is 2. The minimum absolute atomic E-state index is 0.0893. The zero-order valence-corrected chi connectivity index (χ0v) is 11.0. The van der Waals surface area contributed by atoms with Gasteiger partial charge in [0.15, 0.2) is 0 Å². The largest absolute Gasteiger partial charge is 0.418 e. The van der Waals surface area contributed by atoms with Gasteiger partial charge in [-0.05, 0) is 18.2 Å². The van der Waals surface area contributed by atoms with Gasteiger partial charge in [-0.2, -0.15) is 13.2 Å².